The summed E-state index contributed by atoms with van der Waals surface area (Å²) in [5.74, 6) is 0.963. The van der Waals surface area contributed by atoms with Gasteiger partial charge in [0.05, 0.1) is 16.8 Å². The molecule has 1 aromatic heterocycles. The number of likely N-dealkylation sites (N-methyl/N-ethyl adjacent to an activating group) is 1. The maximum atomic E-state index is 5.96. The Hall–Kier alpha value is -1.39. The fraction of sp³-hybridized carbons (Fsp3) is 0.471. The van der Waals surface area contributed by atoms with Gasteiger partial charge in [0, 0.05) is 23.4 Å². The molecular weight excluding hydrogens is 280 g/mol. The van der Waals surface area contributed by atoms with E-state index in [0.717, 1.165) is 29.4 Å². The van der Waals surface area contributed by atoms with E-state index in [2.05, 4.69) is 48.6 Å². The molecule has 0 aliphatic rings. The van der Waals surface area contributed by atoms with Crippen molar-refractivity contribution in [2.75, 3.05) is 6.54 Å². The second kappa shape index (κ2) is 7.57. The van der Waals surface area contributed by atoms with Crippen LogP contribution in [0.15, 0.2) is 29.6 Å². The number of hydrogen-bond donors (Lipinski definition) is 1. The third-order valence-corrected chi connectivity index (χ3v) is 4.01. The molecule has 0 aliphatic heterocycles. The molecule has 4 heteroatoms. The minimum absolute atomic E-state index is 0.176. The van der Waals surface area contributed by atoms with Crippen molar-refractivity contribution in [1.29, 1.82) is 0 Å². The Kier molecular flexibility index (Phi) is 5.76. The van der Waals surface area contributed by atoms with Crippen LogP contribution in [0.5, 0.6) is 5.75 Å². The number of para-hydroxylation sites is 1. The summed E-state index contributed by atoms with van der Waals surface area (Å²) in [6.07, 6.45) is 1.06. The monoisotopic (exact) mass is 304 g/mol. The first kappa shape index (κ1) is 16.0. The molecule has 0 radical (unpaired) electrons. The van der Waals surface area contributed by atoms with Crippen LogP contribution in [0.3, 0.4) is 0 Å². The summed E-state index contributed by atoms with van der Waals surface area (Å²) in [6.45, 7) is 9.22. The summed E-state index contributed by atoms with van der Waals surface area (Å²) >= 11 is 1.70. The molecule has 21 heavy (non-hydrogen) atoms. The van der Waals surface area contributed by atoms with Crippen LogP contribution in [-0.2, 0) is 6.42 Å². The Morgan fingerprint density at radius 3 is 2.67 bits per heavy atom. The smallest absolute Gasteiger partial charge is 0.124 e. The zero-order valence-corrected chi connectivity index (χ0v) is 14.0. The maximum Gasteiger partial charge on any atom is 0.124 e. The first-order chi connectivity index (χ1) is 10.1. The van der Waals surface area contributed by atoms with Crippen molar-refractivity contribution in [2.24, 2.45) is 0 Å². The van der Waals surface area contributed by atoms with Gasteiger partial charge < -0.3 is 10.1 Å². The Morgan fingerprint density at radius 1 is 1.29 bits per heavy atom. The van der Waals surface area contributed by atoms with Crippen LogP contribution in [0.4, 0.5) is 0 Å². The van der Waals surface area contributed by atoms with Crippen LogP contribution in [0.1, 0.15) is 43.1 Å². The normalized spacial score (nSPS) is 12.6. The van der Waals surface area contributed by atoms with Crippen molar-refractivity contribution < 1.29 is 4.74 Å². The SMILES string of the molecule is CCNC(Cc1csc(C)n1)c1ccccc1OC(C)C. The first-order valence-corrected chi connectivity index (χ1v) is 8.38. The van der Waals surface area contributed by atoms with Crippen LogP contribution < -0.4 is 10.1 Å². The number of rotatable bonds is 7. The van der Waals surface area contributed by atoms with Gasteiger partial charge >= 0.3 is 0 Å². The van der Waals surface area contributed by atoms with Crippen molar-refractivity contribution in [1.82, 2.24) is 10.3 Å². The molecule has 1 atom stereocenters. The third kappa shape index (κ3) is 4.55. The fourth-order valence-corrected chi connectivity index (χ4v) is 3.00. The van der Waals surface area contributed by atoms with Crippen molar-refractivity contribution in [3.63, 3.8) is 0 Å². The number of aromatic nitrogens is 1. The second-order valence-electron chi connectivity index (χ2n) is 5.38. The molecular formula is C17H24N2OS. The first-order valence-electron chi connectivity index (χ1n) is 7.50. The minimum Gasteiger partial charge on any atom is -0.491 e. The quantitative estimate of drug-likeness (QED) is 0.835. The summed E-state index contributed by atoms with van der Waals surface area (Å²) < 4.78 is 5.96. The molecule has 0 aliphatic carbocycles. The summed E-state index contributed by atoms with van der Waals surface area (Å²) in [6, 6.07) is 8.51. The van der Waals surface area contributed by atoms with Gasteiger partial charge in [-0.25, -0.2) is 4.98 Å². The van der Waals surface area contributed by atoms with E-state index < -0.39 is 0 Å². The number of thiazole rings is 1. The summed E-state index contributed by atoms with van der Waals surface area (Å²) in [5.41, 5.74) is 2.35. The molecule has 0 spiro atoms. The number of benzene rings is 1. The van der Waals surface area contributed by atoms with Crippen LogP contribution >= 0.6 is 11.3 Å². The van der Waals surface area contributed by atoms with E-state index in [1.165, 1.54) is 5.56 Å². The molecule has 0 fully saturated rings. The summed E-state index contributed by atoms with van der Waals surface area (Å²) in [4.78, 5) is 4.59. The molecule has 114 valence electrons. The standard InChI is InChI=1S/C17H24N2OS/c1-5-18-16(10-14-11-21-13(4)19-14)15-8-6-7-9-17(15)20-12(2)3/h6-9,11-12,16,18H,5,10H2,1-4H3. The highest BCUT2D eigenvalue weighted by Crippen LogP contribution is 2.28. The van der Waals surface area contributed by atoms with Gasteiger partial charge in [-0.3, -0.25) is 0 Å². The van der Waals surface area contributed by atoms with E-state index in [0.29, 0.717) is 0 Å². The Morgan fingerprint density at radius 2 is 2.05 bits per heavy atom. The molecule has 1 unspecified atom stereocenters. The number of aryl methyl sites for hydroxylation is 1. The Labute approximate surface area is 131 Å². The van der Waals surface area contributed by atoms with Gasteiger partial charge in [0.15, 0.2) is 0 Å². The number of hydrogen-bond acceptors (Lipinski definition) is 4. The van der Waals surface area contributed by atoms with Gasteiger partial charge in [0.2, 0.25) is 0 Å². The van der Waals surface area contributed by atoms with E-state index in [9.17, 15) is 0 Å². The molecule has 0 bridgehead atoms. The molecule has 2 aromatic rings. The van der Waals surface area contributed by atoms with E-state index >= 15 is 0 Å². The molecule has 0 amide bonds. The predicted molar refractivity (Wildman–Crippen MR) is 89.2 cm³/mol. The lowest BCUT2D eigenvalue weighted by Gasteiger charge is -2.22. The Balaban J connectivity index is 2.24. The van der Waals surface area contributed by atoms with E-state index in [1.54, 1.807) is 11.3 Å². The summed E-state index contributed by atoms with van der Waals surface area (Å²) in [7, 11) is 0. The van der Waals surface area contributed by atoms with Crippen molar-refractivity contribution in [3.05, 3.63) is 45.9 Å². The van der Waals surface area contributed by atoms with Gasteiger partial charge in [-0.05, 0) is 33.4 Å². The van der Waals surface area contributed by atoms with E-state index in [4.69, 9.17) is 4.74 Å². The lowest BCUT2D eigenvalue weighted by Crippen LogP contribution is -2.24. The number of nitrogens with one attached hydrogen (secondary N) is 1. The number of ether oxygens (including phenoxy) is 1. The third-order valence-electron chi connectivity index (χ3n) is 3.19. The van der Waals surface area contributed by atoms with Gasteiger partial charge in [-0.1, -0.05) is 25.1 Å². The summed E-state index contributed by atoms with van der Waals surface area (Å²) in [5, 5.41) is 6.82. The van der Waals surface area contributed by atoms with Crippen LogP contribution in [-0.4, -0.2) is 17.6 Å². The maximum absolute atomic E-state index is 5.96. The topological polar surface area (TPSA) is 34.2 Å². The molecule has 1 aromatic carbocycles. The lowest BCUT2D eigenvalue weighted by atomic mass is 10.0. The molecule has 0 saturated heterocycles. The zero-order valence-electron chi connectivity index (χ0n) is 13.2. The van der Waals surface area contributed by atoms with Crippen molar-refractivity contribution in [2.45, 2.75) is 46.3 Å². The number of nitrogens with zero attached hydrogens (tertiary/aromatic N) is 1. The zero-order chi connectivity index (χ0) is 15.2. The van der Waals surface area contributed by atoms with E-state index in [1.807, 2.05) is 19.1 Å². The molecule has 2 rings (SSSR count). The average Bonchev–Trinajstić information content (AvgIpc) is 2.84. The van der Waals surface area contributed by atoms with E-state index in [-0.39, 0.29) is 12.1 Å². The van der Waals surface area contributed by atoms with Crippen LogP contribution in [0.25, 0.3) is 0 Å². The van der Waals surface area contributed by atoms with Gasteiger partial charge in [0.1, 0.15) is 5.75 Å². The van der Waals surface area contributed by atoms with Crippen molar-refractivity contribution in [3.8, 4) is 5.75 Å². The molecule has 1 N–H and O–H groups in total. The molecule has 3 nitrogen and oxygen atoms in total. The fourth-order valence-electron chi connectivity index (χ4n) is 2.38. The van der Waals surface area contributed by atoms with Gasteiger partial charge in [0.25, 0.3) is 0 Å². The highest BCUT2D eigenvalue weighted by atomic mass is 32.1. The predicted octanol–water partition coefficient (Wildman–Crippen LogP) is 4.13. The molecule has 0 saturated carbocycles. The largest absolute Gasteiger partial charge is 0.491 e. The van der Waals surface area contributed by atoms with Gasteiger partial charge in [-0.15, -0.1) is 11.3 Å². The van der Waals surface area contributed by atoms with Crippen molar-refractivity contribution >= 4 is 11.3 Å². The highest BCUT2D eigenvalue weighted by Gasteiger charge is 2.17. The highest BCUT2D eigenvalue weighted by molar-refractivity contribution is 7.09. The second-order valence-corrected chi connectivity index (χ2v) is 6.44. The van der Waals surface area contributed by atoms with Crippen LogP contribution in [0, 0.1) is 6.92 Å². The average molecular weight is 304 g/mol. The Bertz CT molecular complexity index is 565. The minimum atomic E-state index is 0.176. The van der Waals surface area contributed by atoms with Gasteiger partial charge in [-0.2, -0.15) is 0 Å². The molecule has 1 heterocycles. The lowest BCUT2D eigenvalue weighted by molar-refractivity contribution is 0.237. The van der Waals surface area contributed by atoms with Crippen LogP contribution in [0.2, 0.25) is 0 Å².